The number of rotatable bonds is 5. The minimum Gasteiger partial charge on any atom is -0.444 e. The molecule has 1 fully saturated rings. The van der Waals surface area contributed by atoms with Gasteiger partial charge in [-0.15, -0.1) is 0 Å². The fraction of sp³-hybridized carbons (Fsp3) is 0.733. The molecule has 0 bridgehead atoms. The van der Waals surface area contributed by atoms with Crippen LogP contribution in [0.5, 0.6) is 0 Å². The van der Waals surface area contributed by atoms with Gasteiger partial charge in [-0.2, -0.15) is 0 Å². The van der Waals surface area contributed by atoms with Crippen molar-refractivity contribution < 1.29 is 23.9 Å². The molecule has 1 heterocycles. The molecule has 2 unspecified atom stereocenters. The average molecular weight is 312 g/mol. The molecule has 0 aromatic heterocycles. The zero-order valence-electron chi connectivity index (χ0n) is 13.7. The number of hydrogen-bond donors (Lipinski definition) is 2. The minimum absolute atomic E-state index is 0.0732. The molecule has 0 aliphatic carbocycles. The normalized spacial score (nSPS) is 19.8. The summed E-state index contributed by atoms with van der Waals surface area (Å²) in [7, 11) is 0. The van der Waals surface area contributed by atoms with E-state index >= 15 is 0 Å². The van der Waals surface area contributed by atoms with Gasteiger partial charge < -0.3 is 15.4 Å². The van der Waals surface area contributed by atoms with Crippen molar-refractivity contribution in [3.8, 4) is 0 Å². The first-order valence-electron chi connectivity index (χ1n) is 7.35. The summed E-state index contributed by atoms with van der Waals surface area (Å²) in [4.78, 5) is 46.9. The Morgan fingerprint density at radius 1 is 1.32 bits per heavy atom. The van der Waals surface area contributed by atoms with E-state index in [4.69, 9.17) is 4.74 Å². The van der Waals surface area contributed by atoms with Gasteiger partial charge in [0.05, 0.1) is 12.0 Å². The number of carbonyl (C=O) groups excluding carboxylic acids is 4. The van der Waals surface area contributed by atoms with E-state index in [1.807, 2.05) is 0 Å². The largest absolute Gasteiger partial charge is 0.444 e. The maximum atomic E-state index is 12.3. The van der Waals surface area contributed by atoms with Gasteiger partial charge in [-0.3, -0.25) is 14.4 Å². The predicted octanol–water partition coefficient (Wildman–Crippen LogP) is 0.810. The molecular weight excluding hydrogens is 288 g/mol. The van der Waals surface area contributed by atoms with E-state index in [0.717, 1.165) is 0 Å². The van der Waals surface area contributed by atoms with Crippen molar-refractivity contribution in [2.75, 3.05) is 6.54 Å². The highest BCUT2D eigenvalue weighted by Gasteiger charge is 2.36. The quantitative estimate of drug-likeness (QED) is 0.732. The van der Waals surface area contributed by atoms with Crippen LogP contribution in [0.4, 0.5) is 4.79 Å². The Hall–Kier alpha value is -1.92. The van der Waals surface area contributed by atoms with Crippen molar-refractivity contribution in [2.45, 2.75) is 52.7 Å². The summed E-state index contributed by atoms with van der Waals surface area (Å²) in [6, 6.07) is -0.752. The van der Waals surface area contributed by atoms with Crippen LogP contribution in [0.15, 0.2) is 0 Å². The van der Waals surface area contributed by atoms with Crippen LogP contribution in [0.3, 0.4) is 0 Å². The lowest BCUT2D eigenvalue weighted by molar-refractivity contribution is -0.137. The highest BCUT2D eigenvalue weighted by molar-refractivity contribution is 6.39. The third kappa shape index (κ3) is 5.13. The van der Waals surface area contributed by atoms with E-state index in [1.165, 1.54) is 0 Å². The van der Waals surface area contributed by atoms with Crippen molar-refractivity contribution in [1.82, 2.24) is 10.6 Å². The molecule has 0 aromatic rings. The average Bonchev–Trinajstić information content (AvgIpc) is 2.65. The molecule has 2 amide bonds. The summed E-state index contributed by atoms with van der Waals surface area (Å²) < 4.78 is 5.14. The smallest absolute Gasteiger partial charge is 0.408 e. The summed E-state index contributed by atoms with van der Waals surface area (Å²) in [5.41, 5.74) is -0.660. The van der Waals surface area contributed by atoms with Gasteiger partial charge in [0.15, 0.2) is 5.78 Å². The second-order valence-corrected chi connectivity index (χ2v) is 6.81. The fourth-order valence-electron chi connectivity index (χ4n) is 2.17. The molecular formula is C15H24N2O5. The van der Waals surface area contributed by atoms with Gasteiger partial charge in [-0.25, -0.2) is 4.79 Å². The molecule has 1 aliphatic heterocycles. The zero-order valence-corrected chi connectivity index (χ0v) is 13.7. The number of nitrogens with one attached hydrogen (secondary N) is 2. The van der Waals surface area contributed by atoms with Crippen LogP contribution in [0.2, 0.25) is 0 Å². The molecule has 2 N–H and O–H groups in total. The Balaban J connectivity index is 2.66. The summed E-state index contributed by atoms with van der Waals surface area (Å²) in [6.07, 6.45) is -0.748. The van der Waals surface area contributed by atoms with Crippen LogP contribution >= 0.6 is 0 Å². The molecule has 2 atom stereocenters. The first-order chi connectivity index (χ1) is 10.0. The number of ketones is 2. The van der Waals surface area contributed by atoms with E-state index < -0.39 is 35.3 Å². The van der Waals surface area contributed by atoms with Gasteiger partial charge in [-0.1, -0.05) is 13.8 Å². The lowest BCUT2D eigenvalue weighted by Crippen LogP contribution is -2.47. The van der Waals surface area contributed by atoms with Crippen LogP contribution in [-0.4, -0.2) is 41.8 Å². The Kier molecular flexibility index (Phi) is 5.68. The lowest BCUT2D eigenvalue weighted by atomic mass is 9.91. The molecule has 22 heavy (non-hydrogen) atoms. The van der Waals surface area contributed by atoms with Crippen molar-refractivity contribution >= 4 is 23.6 Å². The number of alkyl carbamates (subject to hydrolysis) is 1. The molecule has 0 saturated carbocycles. The minimum atomic E-state index is -0.752. The van der Waals surface area contributed by atoms with Gasteiger partial charge in [-0.05, 0) is 26.7 Å². The monoisotopic (exact) mass is 312 g/mol. The summed E-state index contributed by atoms with van der Waals surface area (Å²) in [5.74, 6) is -2.32. The summed E-state index contributed by atoms with van der Waals surface area (Å²) in [5, 5.41) is 4.96. The lowest BCUT2D eigenvalue weighted by Gasteiger charge is -2.25. The van der Waals surface area contributed by atoms with Gasteiger partial charge in [0, 0.05) is 13.0 Å². The molecule has 7 nitrogen and oxygen atoms in total. The van der Waals surface area contributed by atoms with Gasteiger partial charge in [0.25, 0.3) is 5.91 Å². The Morgan fingerprint density at radius 3 is 2.32 bits per heavy atom. The van der Waals surface area contributed by atoms with Crippen LogP contribution < -0.4 is 10.6 Å². The van der Waals surface area contributed by atoms with Gasteiger partial charge in [0.1, 0.15) is 5.60 Å². The second kappa shape index (κ2) is 6.89. The maximum Gasteiger partial charge on any atom is 0.408 e. The molecule has 1 rings (SSSR count). The molecule has 1 saturated heterocycles. The second-order valence-electron chi connectivity index (χ2n) is 6.81. The standard InChI is InChI=1S/C15H24N2O5/c1-8(2)11(17-14(21)22-15(3,4)5)10(18)6-9-7-16-13(20)12(9)19/h8-9,11H,6-7H2,1-5H3,(H,16,20)(H,17,21). The number of hydrogen-bond acceptors (Lipinski definition) is 5. The summed E-state index contributed by atoms with van der Waals surface area (Å²) >= 11 is 0. The third-order valence-electron chi connectivity index (χ3n) is 3.24. The Bertz CT molecular complexity index is 479. The number of ether oxygens (including phenoxy) is 1. The van der Waals surface area contributed by atoms with E-state index in [0.29, 0.717) is 0 Å². The summed E-state index contributed by atoms with van der Waals surface area (Å²) in [6.45, 7) is 8.94. The highest BCUT2D eigenvalue weighted by Crippen LogP contribution is 2.15. The SMILES string of the molecule is CC(C)C(NC(=O)OC(C)(C)C)C(=O)CC1CNC(=O)C1=O. The van der Waals surface area contributed by atoms with E-state index in [2.05, 4.69) is 10.6 Å². The Labute approximate surface area is 130 Å². The van der Waals surface area contributed by atoms with Crippen molar-refractivity contribution in [1.29, 1.82) is 0 Å². The van der Waals surface area contributed by atoms with Crippen molar-refractivity contribution in [3.63, 3.8) is 0 Å². The number of amides is 2. The molecule has 1 aliphatic rings. The van der Waals surface area contributed by atoms with E-state index in [-0.39, 0.29) is 24.7 Å². The Morgan fingerprint density at radius 2 is 1.91 bits per heavy atom. The van der Waals surface area contributed by atoms with Crippen LogP contribution in [0.25, 0.3) is 0 Å². The predicted molar refractivity (Wildman–Crippen MR) is 79.1 cm³/mol. The number of Topliss-reactive ketones (excluding diaryl/α,β-unsaturated/α-hetero) is 2. The molecule has 7 heteroatoms. The third-order valence-corrected chi connectivity index (χ3v) is 3.24. The molecule has 0 spiro atoms. The van der Waals surface area contributed by atoms with Crippen LogP contribution in [0.1, 0.15) is 41.0 Å². The fourth-order valence-corrected chi connectivity index (χ4v) is 2.17. The van der Waals surface area contributed by atoms with Crippen LogP contribution in [0, 0.1) is 11.8 Å². The van der Waals surface area contributed by atoms with Gasteiger partial charge >= 0.3 is 6.09 Å². The van der Waals surface area contributed by atoms with E-state index in [9.17, 15) is 19.2 Å². The first kappa shape index (κ1) is 18.1. The van der Waals surface area contributed by atoms with Crippen LogP contribution in [-0.2, 0) is 19.1 Å². The number of carbonyl (C=O) groups is 4. The maximum absolute atomic E-state index is 12.3. The highest BCUT2D eigenvalue weighted by atomic mass is 16.6. The molecule has 124 valence electrons. The molecule has 0 aromatic carbocycles. The topological polar surface area (TPSA) is 102 Å². The zero-order chi connectivity index (χ0) is 17.1. The van der Waals surface area contributed by atoms with Crippen molar-refractivity contribution in [2.24, 2.45) is 11.8 Å². The van der Waals surface area contributed by atoms with Gasteiger partial charge in [0.2, 0.25) is 5.78 Å². The first-order valence-corrected chi connectivity index (χ1v) is 7.35. The molecule has 0 radical (unpaired) electrons. The van der Waals surface area contributed by atoms with Crippen molar-refractivity contribution in [3.05, 3.63) is 0 Å². The van der Waals surface area contributed by atoms with E-state index in [1.54, 1.807) is 34.6 Å².